The van der Waals surface area contributed by atoms with Crippen LogP contribution in [0.2, 0.25) is 0 Å². The zero-order valence-electron chi connectivity index (χ0n) is 19.1. The molecule has 1 heterocycles. The maximum Gasteiger partial charge on any atom is 0.0977 e. The first-order valence-corrected chi connectivity index (χ1v) is 12.5. The molecule has 0 bridgehead atoms. The third-order valence-corrected chi connectivity index (χ3v) is 6.20. The molecule has 2 nitrogen and oxygen atoms in total. The molecule has 0 amide bonds. The Balaban J connectivity index is 1.92. The fourth-order valence-corrected chi connectivity index (χ4v) is 4.17. The van der Waals surface area contributed by atoms with E-state index in [9.17, 15) is 0 Å². The van der Waals surface area contributed by atoms with E-state index in [0.29, 0.717) is 6.17 Å². The van der Waals surface area contributed by atoms with Crippen LogP contribution < -0.4 is 0 Å². The van der Waals surface area contributed by atoms with Crippen LogP contribution in [0.4, 0.5) is 0 Å². The lowest BCUT2D eigenvalue weighted by Gasteiger charge is -2.30. The third kappa shape index (κ3) is 12.4. The third-order valence-electron chi connectivity index (χ3n) is 6.20. The second-order valence-electron chi connectivity index (χ2n) is 8.71. The minimum Gasteiger partial charge on any atom is -0.356 e. The van der Waals surface area contributed by atoms with E-state index in [4.69, 9.17) is 0 Å². The highest BCUT2D eigenvalue weighted by molar-refractivity contribution is 4.95. The van der Waals surface area contributed by atoms with E-state index >= 15 is 0 Å². The molecule has 0 saturated carbocycles. The van der Waals surface area contributed by atoms with E-state index < -0.39 is 0 Å². The molecule has 0 fully saturated rings. The molecule has 1 rings (SSSR count). The Kier molecular flexibility index (Phi) is 15.7. The zero-order chi connectivity index (χ0) is 19.6. The van der Waals surface area contributed by atoms with Crippen LogP contribution in [0.25, 0.3) is 0 Å². The minimum absolute atomic E-state index is 0.573. The van der Waals surface area contributed by atoms with Gasteiger partial charge in [0.05, 0.1) is 6.17 Å². The summed E-state index contributed by atoms with van der Waals surface area (Å²) in [6, 6.07) is 0. The molecule has 0 N–H and O–H groups in total. The standard InChI is InChI=1S/C25H50N2/c1-4-6-8-10-12-13-14-16-18-20-22-27-24-23-26(25(27)3)21-19-17-15-11-9-7-5-2/h23-25H,4-22H2,1-3H3. The summed E-state index contributed by atoms with van der Waals surface area (Å²) in [5.74, 6) is 0. The Morgan fingerprint density at radius 3 is 1.11 bits per heavy atom. The molecule has 0 aliphatic carbocycles. The molecule has 0 saturated heterocycles. The monoisotopic (exact) mass is 378 g/mol. The molecule has 0 radical (unpaired) electrons. The lowest BCUT2D eigenvalue weighted by molar-refractivity contribution is 0.165. The van der Waals surface area contributed by atoms with Gasteiger partial charge in [0.25, 0.3) is 0 Å². The lowest BCUT2D eigenvalue weighted by Crippen LogP contribution is -2.36. The number of rotatable bonds is 19. The summed E-state index contributed by atoms with van der Waals surface area (Å²) in [5.41, 5.74) is 0. The van der Waals surface area contributed by atoms with Gasteiger partial charge in [0.15, 0.2) is 0 Å². The molecule has 1 unspecified atom stereocenters. The first kappa shape index (κ1) is 24.4. The molecular weight excluding hydrogens is 328 g/mol. The van der Waals surface area contributed by atoms with E-state index in [1.165, 1.54) is 122 Å². The van der Waals surface area contributed by atoms with Crippen molar-refractivity contribution >= 4 is 0 Å². The van der Waals surface area contributed by atoms with Crippen LogP contribution >= 0.6 is 0 Å². The fraction of sp³-hybridized carbons (Fsp3) is 0.920. The summed E-state index contributed by atoms with van der Waals surface area (Å²) in [4.78, 5) is 5.09. The van der Waals surface area contributed by atoms with Gasteiger partial charge in [-0.05, 0) is 19.8 Å². The molecule has 0 aromatic heterocycles. The van der Waals surface area contributed by atoms with Crippen LogP contribution in [0.1, 0.15) is 130 Å². The van der Waals surface area contributed by atoms with Gasteiger partial charge in [0, 0.05) is 25.5 Å². The zero-order valence-corrected chi connectivity index (χ0v) is 19.1. The Labute approximate surface area is 171 Å². The average Bonchev–Trinajstić information content (AvgIpc) is 3.02. The van der Waals surface area contributed by atoms with Crippen molar-refractivity contribution < 1.29 is 0 Å². The van der Waals surface area contributed by atoms with Crippen molar-refractivity contribution in [3.05, 3.63) is 12.4 Å². The summed E-state index contributed by atoms with van der Waals surface area (Å²) in [6.45, 7) is 9.44. The maximum absolute atomic E-state index is 2.55. The highest BCUT2D eigenvalue weighted by atomic mass is 15.4. The molecular formula is C25H50N2. The van der Waals surface area contributed by atoms with E-state index in [-0.39, 0.29) is 0 Å². The summed E-state index contributed by atoms with van der Waals surface area (Å²) in [6.07, 6.45) is 29.3. The highest BCUT2D eigenvalue weighted by Crippen LogP contribution is 2.18. The van der Waals surface area contributed by atoms with Crippen LogP contribution in [0.15, 0.2) is 12.4 Å². The molecule has 0 aromatic carbocycles. The van der Waals surface area contributed by atoms with Gasteiger partial charge in [-0.2, -0.15) is 0 Å². The van der Waals surface area contributed by atoms with Gasteiger partial charge in [-0.3, -0.25) is 0 Å². The van der Waals surface area contributed by atoms with E-state index in [1.807, 2.05) is 0 Å². The van der Waals surface area contributed by atoms with Crippen molar-refractivity contribution in [2.75, 3.05) is 13.1 Å². The SMILES string of the molecule is CCCCCCCCCCCCN1C=CN(CCCCCCCCC)C1C. The van der Waals surface area contributed by atoms with Crippen molar-refractivity contribution in [2.24, 2.45) is 0 Å². The Hall–Kier alpha value is -0.660. The van der Waals surface area contributed by atoms with E-state index in [1.54, 1.807) is 0 Å². The molecule has 0 aromatic rings. The normalized spacial score (nSPS) is 16.6. The maximum atomic E-state index is 2.55. The van der Waals surface area contributed by atoms with Crippen molar-refractivity contribution in [1.29, 1.82) is 0 Å². The number of nitrogens with zero attached hydrogens (tertiary/aromatic N) is 2. The number of hydrogen-bond acceptors (Lipinski definition) is 2. The summed E-state index contributed by atoms with van der Waals surface area (Å²) in [7, 11) is 0. The summed E-state index contributed by atoms with van der Waals surface area (Å²) < 4.78 is 0. The highest BCUT2D eigenvalue weighted by Gasteiger charge is 2.20. The predicted molar refractivity (Wildman–Crippen MR) is 122 cm³/mol. The Morgan fingerprint density at radius 2 is 0.778 bits per heavy atom. The quantitative estimate of drug-likeness (QED) is 0.209. The van der Waals surface area contributed by atoms with Crippen LogP contribution in [0.5, 0.6) is 0 Å². The van der Waals surface area contributed by atoms with Gasteiger partial charge in [-0.15, -0.1) is 0 Å². The first-order valence-electron chi connectivity index (χ1n) is 12.5. The van der Waals surface area contributed by atoms with Gasteiger partial charge in [0.2, 0.25) is 0 Å². The van der Waals surface area contributed by atoms with Gasteiger partial charge in [-0.1, -0.05) is 110 Å². The van der Waals surface area contributed by atoms with Gasteiger partial charge < -0.3 is 9.80 Å². The second kappa shape index (κ2) is 17.4. The number of unbranched alkanes of at least 4 members (excludes halogenated alkanes) is 15. The molecule has 2 heteroatoms. The lowest BCUT2D eigenvalue weighted by atomic mass is 10.1. The Morgan fingerprint density at radius 1 is 0.481 bits per heavy atom. The van der Waals surface area contributed by atoms with Crippen molar-refractivity contribution in [2.45, 2.75) is 136 Å². The molecule has 1 atom stereocenters. The van der Waals surface area contributed by atoms with E-state index in [2.05, 4.69) is 43.0 Å². The predicted octanol–water partition coefficient (Wildman–Crippen LogP) is 8.09. The van der Waals surface area contributed by atoms with Crippen LogP contribution in [0, 0.1) is 0 Å². The van der Waals surface area contributed by atoms with Crippen LogP contribution in [-0.4, -0.2) is 29.1 Å². The second-order valence-corrected chi connectivity index (χ2v) is 8.71. The first-order chi connectivity index (χ1) is 13.3. The van der Waals surface area contributed by atoms with Crippen molar-refractivity contribution in [3.8, 4) is 0 Å². The molecule has 160 valence electrons. The Bertz CT molecular complexity index is 339. The molecule has 0 spiro atoms. The van der Waals surface area contributed by atoms with Gasteiger partial charge >= 0.3 is 0 Å². The van der Waals surface area contributed by atoms with E-state index in [0.717, 1.165) is 0 Å². The smallest absolute Gasteiger partial charge is 0.0977 e. The largest absolute Gasteiger partial charge is 0.356 e. The van der Waals surface area contributed by atoms with Crippen LogP contribution in [0.3, 0.4) is 0 Å². The van der Waals surface area contributed by atoms with Gasteiger partial charge in [-0.25, -0.2) is 0 Å². The average molecular weight is 379 g/mol. The summed E-state index contributed by atoms with van der Waals surface area (Å²) >= 11 is 0. The van der Waals surface area contributed by atoms with Gasteiger partial charge in [0.1, 0.15) is 0 Å². The molecule has 1 aliphatic rings. The number of hydrogen-bond donors (Lipinski definition) is 0. The van der Waals surface area contributed by atoms with Crippen molar-refractivity contribution in [1.82, 2.24) is 9.80 Å². The molecule has 1 aliphatic heterocycles. The fourth-order valence-electron chi connectivity index (χ4n) is 4.17. The van der Waals surface area contributed by atoms with Crippen LogP contribution in [-0.2, 0) is 0 Å². The summed E-state index contributed by atoms with van der Waals surface area (Å²) in [5, 5.41) is 0. The molecule has 27 heavy (non-hydrogen) atoms. The topological polar surface area (TPSA) is 6.48 Å². The minimum atomic E-state index is 0.573. The van der Waals surface area contributed by atoms with Crippen molar-refractivity contribution in [3.63, 3.8) is 0 Å².